The van der Waals surface area contributed by atoms with E-state index in [2.05, 4.69) is 17.3 Å². The van der Waals surface area contributed by atoms with Gasteiger partial charge in [0.1, 0.15) is 0 Å². The number of carbonyl (C=O) groups is 1. The molecule has 2 atom stereocenters. The Morgan fingerprint density at radius 1 is 1.10 bits per heavy atom. The van der Waals surface area contributed by atoms with Crippen LogP contribution in [0.2, 0.25) is 0 Å². The number of ether oxygens (including phenoxy) is 3. The summed E-state index contributed by atoms with van der Waals surface area (Å²) in [5, 5.41) is 4.18. The second-order valence-electron chi connectivity index (χ2n) is 8.17. The smallest absolute Gasteiger partial charge is 0.266 e. The van der Waals surface area contributed by atoms with E-state index in [0.717, 1.165) is 47.7 Å². The van der Waals surface area contributed by atoms with Crippen LogP contribution in [-0.2, 0) is 27.4 Å². The maximum absolute atomic E-state index is 13.0. The fraction of sp³-hybridized carbons (Fsp3) is 0.417. The molecule has 7 nitrogen and oxygen atoms in total. The molecule has 7 heteroatoms. The molecule has 0 radical (unpaired) electrons. The zero-order valence-corrected chi connectivity index (χ0v) is 17.4. The van der Waals surface area contributed by atoms with Crippen LogP contribution < -0.4 is 9.47 Å². The van der Waals surface area contributed by atoms with E-state index in [1.54, 1.807) is 0 Å². The average molecular weight is 422 g/mol. The number of carbonyl (C=O) groups excluding carboxylic acids is 1. The standard InChI is InChI=1S/C24H26N2O5/c27-24(26-10-4-7-20(14-26)28-15-17-5-2-1-3-6-17)23-13-19(25-31-23)11-18-8-9-21-22(12-18)30-16-29-21/h1-3,5-6,8-9,12,20,23H,4,7,10-11,13-16H2. The molecule has 162 valence electrons. The highest BCUT2D eigenvalue weighted by molar-refractivity contribution is 5.94. The molecule has 2 unspecified atom stereocenters. The van der Waals surface area contributed by atoms with E-state index in [4.69, 9.17) is 19.0 Å². The summed E-state index contributed by atoms with van der Waals surface area (Å²) in [5.74, 6) is 1.51. The number of rotatable bonds is 6. The Morgan fingerprint density at radius 3 is 2.87 bits per heavy atom. The summed E-state index contributed by atoms with van der Waals surface area (Å²) in [5.41, 5.74) is 3.07. The number of hydrogen-bond acceptors (Lipinski definition) is 6. The van der Waals surface area contributed by atoms with Gasteiger partial charge in [-0.1, -0.05) is 41.6 Å². The van der Waals surface area contributed by atoms with Crippen LogP contribution in [-0.4, -0.2) is 48.6 Å². The molecule has 2 aromatic rings. The minimum atomic E-state index is -0.545. The maximum Gasteiger partial charge on any atom is 0.266 e. The van der Waals surface area contributed by atoms with E-state index in [1.807, 2.05) is 41.3 Å². The quantitative estimate of drug-likeness (QED) is 0.714. The third kappa shape index (κ3) is 4.66. The van der Waals surface area contributed by atoms with Crippen molar-refractivity contribution in [3.8, 4) is 11.5 Å². The van der Waals surface area contributed by atoms with Gasteiger partial charge in [-0.3, -0.25) is 4.79 Å². The Bertz CT molecular complexity index is 962. The van der Waals surface area contributed by atoms with Crippen molar-refractivity contribution < 1.29 is 23.8 Å². The highest BCUT2D eigenvalue weighted by Gasteiger charge is 2.34. The lowest BCUT2D eigenvalue weighted by atomic mass is 10.0. The van der Waals surface area contributed by atoms with E-state index < -0.39 is 6.10 Å². The van der Waals surface area contributed by atoms with Crippen molar-refractivity contribution in [1.29, 1.82) is 0 Å². The van der Waals surface area contributed by atoms with Crippen LogP contribution in [0.3, 0.4) is 0 Å². The fourth-order valence-electron chi connectivity index (χ4n) is 4.22. The highest BCUT2D eigenvalue weighted by atomic mass is 16.7. The van der Waals surface area contributed by atoms with Crippen molar-refractivity contribution in [2.24, 2.45) is 5.16 Å². The SMILES string of the molecule is O=C(C1CC(Cc2ccc3c(c2)OCO3)=NO1)N1CCCC(OCc2ccccc2)C1. The second-order valence-corrected chi connectivity index (χ2v) is 8.17. The Kier molecular flexibility index (Phi) is 5.76. The van der Waals surface area contributed by atoms with E-state index in [9.17, 15) is 4.79 Å². The lowest BCUT2D eigenvalue weighted by molar-refractivity contribution is -0.146. The van der Waals surface area contributed by atoms with E-state index in [-0.39, 0.29) is 18.8 Å². The van der Waals surface area contributed by atoms with Crippen LogP contribution in [0.5, 0.6) is 11.5 Å². The van der Waals surface area contributed by atoms with Crippen molar-refractivity contribution in [2.45, 2.75) is 44.5 Å². The van der Waals surface area contributed by atoms with E-state index in [1.165, 1.54) is 0 Å². The minimum absolute atomic E-state index is 0.00236. The zero-order valence-electron chi connectivity index (χ0n) is 17.4. The van der Waals surface area contributed by atoms with Gasteiger partial charge in [0, 0.05) is 25.9 Å². The first-order valence-electron chi connectivity index (χ1n) is 10.8. The Hall–Kier alpha value is -3.06. The van der Waals surface area contributed by atoms with Crippen LogP contribution in [0.4, 0.5) is 0 Å². The topological polar surface area (TPSA) is 69.6 Å². The molecular weight excluding hydrogens is 396 g/mol. The molecule has 0 aromatic heterocycles. The van der Waals surface area contributed by atoms with Crippen LogP contribution in [0, 0.1) is 0 Å². The van der Waals surface area contributed by atoms with Gasteiger partial charge in [-0.2, -0.15) is 0 Å². The van der Waals surface area contributed by atoms with Crippen molar-refractivity contribution in [3.05, 3.63) is 59.7 Å². The largest absolute Gasteiger partial charge is 0.454 e. The van der Waals surface area contributed by atoms with Gasteiger partial charge in [0.15, 0.2) is 11.5 Å². The molecule has 0 aliphatic carbocycles. The zero-order chi connectivity index (χ0) is 21.0. The molecule has 2 aromatic carbocycles. The summed E-state index contributed by atoms with van der Waals surface area (Å²) in [6.07, 6.45) is 2.55. The van der Waals surface area contributed by atoms with Gasteiger partial charge in [0.05, 0.1) is 18.4 Å². The molecule has 3 aliphatic rings. The number of piperidine rings is 1. The van der Waals surface area contributed by atoms with E-state index in [0.29, 0.717) is 26.0 Å². The molecular formula is C24H26N2O5. The lowest BCUT2D eigenvalue weighted by Gasteiger charge is -2.33. The van der Waals surface area contributed by atoms with Gasteiger partial charge in [0.25, 0.3) is 5.91 Å². The third-order valence-electron chi connectivity index (χ3n) is 5.87. The predicted molar refractivity (Wildman–Crippen MR) is 114 cm³/mol. The first-order valence-corrected chi connectivity index (χ1v) is 10.8. The first-order chi connectivity index (χ1) is 15.2. The summed E-state index contributed by atoms with van der Waals surface area (Å²) in [6.45, 7) is 2.16. The average Bonchev–Trinajstić information content (AvgIpc) is 3.47. The van der Waals surface area contributed by atoms with Gasteiger partial charge in [-0.15, -0.1) is 0 Å². The fourth-order valence-corrected chi connectivity index (χ4v) is 4.22. The summed E-state index contributed by atoms with van der Waals surface area (Å²) >= 11 is 0. The summed E-state index contributed by atoms with van der Waals surface area (Å²) in [7, 11) is 0. The van der Waals surface area contributed by atoms with Gasteiger partial charge in [0.2, 0.25) is 12.9 Å². The van der Waals surface area contributed by atoms with Gasteiger partial charge >= 0.3 is 0 Å². The molecule has 1 fully saturated rings. The Labute approximate surface area is 181 Å². The summed E-state index contributed by atoms with van der Waals surface area (Å²) < 4.78 is 16.9. The highest BCUT2D eigenvalue weighted by Crippen LogP contribution is 2.33. The Morgan fingerprint density at radius 2 is 1.97 bits per heavy atom. The maximum atomic E-state index is 13.0. The molecule has 0 bridgehead atoms. The van der Waals surface area contributed by atoms with Crippen molar-refractivity contribution in [2.75, 3.05) is 19.9 Å². The number of nitrogens with zero attached hydrogens (tertiary/aromatic N) is 2. The van der Waals surface area contributed by atoms with Crippen LogP contribution in [0.25, 0.3) is 0 Å². The van der Waals surface area contributed by atoms with Crippen molar-refractivity contribution in [1.82, 2.24) is 4.90 Å². The number of hydrogen-bond donors (Lipinski definition) is 0. The minimum Gasteiger partial charge on any atom is -0.454 e. The Balaban J connectivity index is 1.12. The number of benzene rings is 2. The summed E-state index contributed by atoms with van der Waals surface area (Å²) in [6, 6.07) is 16.0. The van der Waals surface area contributed by atoms with Crippen LogP contribution in [0.1, 0.15) is 30.4 Å². The van der Waals surface area contributed by atoms with E-state index >= 15 is 0 Å². The molecule has 1 saturated heterocycles. The molecule has 0 N–H and O–H groups in total. The van der Waals surface area contributed by atoms with Crippen molar-refractivity contribution in [3.63, 3.8) is 0 Å². The van der Waals surface area contributed by atoms with Gasteiger partial charge in [-0.05, 0) is 36.1 Å². The monoisotopic (exact) mass is 422 g/mol. The molecule has 31 heavy (non-hydrogen) atoms. The molecule has 0 spiro atoms. The normalized spacial score (nSPS) is 22.2. The van der Waals surface area contributed by atoms with Crippen molar-refractivity contribution >= 4 is 11.6 Å². The number of likely N-dealkylation sites (tertiary alicyclic amines) is 1. The number of fused-ring (bicyclic) bond motifs is 1. The van der Waals surface area contributed by atoms with Crippen LogP contribution in [0.15, 0.2) is 53.7 Å². The molecule has 0 saturated carbocycles. The predicted octanol–water partition coefficient (Wildman–Crippen LogP) is 3.31. The molecule has 1 amide bonds. The van der Waals surface area contributed by atoms with Gasteiger partial charge in [-0.25, -0.2) is 0 Å². The summed E-state index contributed by atoms with van der Waals surface area (Å²) in [4.78, 5) is 20.4. The first kappa shape index (κ1) is 19.9. The molecule has 3 aliphatic heterocycles. The number of amides is 1. The molecule has 3 heterocycles. The lowest BCUT2D eigenvalue weighted by Crippen LogP contribution is -2.47. The van der Waals surface area contributed by atoms with Gasteiger partial charge < -0.3 is 23.9 Å². The number of oxime groups is 1. The third-order valence-corrected chi connectivity index (χ3v) is 5.87. The molecule has 5 rings (SSSR count). The van der Waals surface area contributed by atoms with Crippen LogP contribution >= 0.6 is 0 Å². The second kappa shape index (κ2) is 8.98.